The fourth-order valence-electron chi connectivity index (χ4n) is 2.96. The van der Waals surface area contributed by atoms with Gasteiger partial charge in [0.25, 0.3) is 0 Å². The zero-order chi connectivity index (χ0) is 14.8. The molecule has 5 heteroatoms. The van der Waals surface area contributed by atoms with Gasteiger partial charge >= 0.3 is 0 Å². The first-order valence-electron chi connectivity index (χ1n) is 7.82. The molecule has 4 rings (SSSR count). The molecule has 23 heavy (non-hydrogen) atoms. The third kappa shape index (κ3) is 3.19. The molecular formula is C18H20ClN3O. The normalized spacial score (nSPS) is 15.3. The molecule has 0 spiro atoms. The average molecular weight is 330 g/mol. The standard InChI is InChI=1S/C18H19N3O.ClH/c1-2-6-14(7-3-1)21-17-9-5-4-8-16(17)18(20-21)22-15-10-12-19-13-11-15;/h1-9,15,19H,10-13H2;1H. The van der Waals surface area contributed by atoms with Gasteiger partial charge in [-0.3, -0.25) is 0 Å². The second kappa shape index (κ2) is 7.02. The summed E-state index contributed by atoms with van der Waals surface area (Å²) in [5, 5.41) is 9.16. The Morgan fingerprint density at radius 2 is 1.65 bits per heavy atom. The summed E-state index contributed by atoms with van der Waals surface area (Å²) in [5.41, 5.74) is 2.14. The molecule has 0 radical (unpaired) electrons. The smallest absolute Gasteiger partial charge is 0.241 e. The van der Waals surface area contributed by atoms with Crippen LogP contribution in [0.15, 0.2) is 54.6 Å². The van der Waals surface area contributed by atoms with E-state index < -0.39 is 0 Å². The molecule has 2 heterocycles. The van der Waals surface area contributed by atoms with Crippen molar-refractivity contribution in [2.24, 2.45) is 0 Å². The second-order valence-electron chi connectivity index (χ2n) is 5.64. The molecule has 0 unspecified atom stereocenters. The fourth-order valence-corrected chi connectivity index (χ4v) is 2.96. The third-order valence-electron chi connectivity index (χ3n) is 4.12. The molecule has 3 aromatic rings. The Bertz CT molecular complexity index is 766. The largest absolute Gasteiger partial charge is 0.473 e. The number of benzene rings is 2. The van der Waals surface area contributed by atoms with Crippen LogP contribution in [-0.4, -0.2) is 29.0 Å². The number of piperidine rings is 1. The minimum Gasteiger partial charge on any atom is -0.473 e. The lowest BCUT2D eigenvalue weighted by Gasteiger charge is -2.22. The lowest BCUT2D eigenvalue weighted by atomic mass is 10.1. The van der Waals surface area contributed by atoms with Gasteiger partial charge < -0.3 is 10.1 Å². The van der Waals surface area contributed by atoms with Gasteiger partial charge in [-0.25, -0.2) is 4.68 Å². The number of nitrogens with zero attached hydrogens (tertiary/aromatic N) is 2. The number of rotatable bonds is 3. The highest BCUT2D eigenvalue weighted by atomic mass is 35.5. The molecule has 2 aromatic carbocycles. The summed E-state index contributed by atoms with van der Waals surface area (Å²) >= 11 is 0. The van der Waals surface area contributed by atoms with Crippen molar-refractivity contribution in [1.29, 1.82) is 0 Å². The molecule has 4 nitrogen and oxygen atoms in total. The summed E-state index contributed by atoms with van der Waals surface area (Å²) < 4.78 is 8.16. The van der Waals surface area contributed by atoms with Crippen molar-refractivity contribution in [2.45, 2.75) is 18.9 Å². The maximum Gasteiger partial charge on any atom is 0.241 e. The first-order chi connectivity index (χ1) is 10.9. The van der Waals surface area contributed by atoms with Crippen molar-refractivity contribution in [3.8, 4) is 11.6 Å². The van der Waals surface area contributed by atoms with Crippen LogP contribution in [0.5, 0.6) is 5.88 Å². The maximum absolute atomic E-state index is 6.20. The van der Waals surface area contributed by atoms with E-state index in [4.69, 9.17) is 9.84 Å². The number of para-hydroxylation sites is 2. The molecule has 1 N–H and O–H groups in total. The number of nitrogens with one attached hydrogen (secondary N) is 1. The van der Waals surface area contributed by atoms with Crippen LogP contribution < -0.4 is 10.1 Å². The molecule has 0 saturated carbocycles. The minimum absolute atomic E-state index is 0. The number of halogens is 1. The monoisotopic (exact) mass is 329 g/mol. The Balaban J connectivity index is 0.00000156. The molecular weight excluding hydrogens is 310 g/mol. The molecule has 0 atom stereocenters. The van der Waals surface area contributed by atoms with E-state index in [1.54, 1.807) is 0 Å². The van der Waals surface area contributed by atoms with Gasteiger partial charge in [0.1, 0.15) is 6.10 Å². The van der Waals surface area contributed by atoms with E-state index >= 15 is 0 Å². The van der Waals surface area contributed by atoms with Gasteiger partial charge in [0.2, 0.25) is 5.88 Å². The van der Waals surface area contributed by atoms with Crippen LogP contribution in [-0.2, 0) is 0 Å². The van der Waals surface area contributed by atoms with Crippen molar-refractivity contribution >= 4 is 23.3 Å². The van der Waals surface area contributed by atoms with Gasteiger partial charge in [-0.05, 0) is 50.2 Å². The highest BCUT2D eigenvalue weighted by molar-refractivity contribution is 5.86. The Labute approximate surface area is 141 Å². The molecule has 0 bridgehead atoms. The number of ether oxygens (including phenoxy) is 1. The van der Waals surface area contributed by atoms with Crippen LogP contribution >= 0.6 is 12.4 Å². The lowest BCUT2D eigenvalue weighted by Crippen LogP contribution is -2.34. The number of hydrogen-bond donors (Lipinski definition) is 1. The number of aromatic nitrogens is 2. The van der Waals surface area contributed by atoms with E-state index in [9.17, 15) is 0 Å². The minimum atomic E-state index is 0. The maximum atomic E-state index is 6.20. The van der Waals surface area contributed by atoms with Gasteiger partial charge in [-0.1, -0.05) is 30.3 Å². The molecule has 1 aromatic heterocycles. The van der Waals surface area contributed by atoms with E-state index in [1.807, 2.05) is 35.0 Å². The first-order valence-corrected chi connectivity index (χ1v) is 7.82. The van der Waals surface area contributed by atoms with Crippen LogP contribution in [0.1, 0.15) is 12.8 Å². The zero-order valence-corrected chi connectivity index (χ0v) is 13.6. The van der Waals surface area contributed by atoms with Gasteiger partial charge in [-0.2, -0.15) is 0 Å². The van der Waals surface area contributed by atoms with E-state index in [0.29, 0.717) is 0 Å². The summed E-state index contributed by atoms with van der Waals surface area (Å²) in [7, 11) is 0. The Morgan fingerprint density at radius 1 is 0.957 bits per heavy atom. The average Bonchev–Trinajstić information content (AvgIpc) is 2.96. The van der Waals surface area contributed by atoms with Crippen molar-refractivity contribution in [3.63, 3.8) is 0 Å². The molecule has 1 aliphatic rings. The van der Waals surface area contributed by atoms with E-state index in [0.717, 1.165) is 48.4 Å². The fraction of sp³-hybridized carbons (Fsp3) is 0.278. The Kier molecular flexibility index (Phi) is 4.84. The molecule has 1 aliphatic heterocycles. The highest BCUT2D eigenvalue weighted by Crippen LogP contribution is 2.28. The quantitative estimate of drug-likeness (QED) is 0.798. The summed E-state index contributed by atoms with van der Waals surface area (Å²) in [6.07, 6.45) is 2.32. The van der Waals surface area contributed by atoms with Gasteiger partial charge in [-0.15, -0.1) is 17.5 Å². The second-order valence-corrected chi connectivity index (χ2v) is 5.64. The number of hydrogen-bond acceptors (Lipinski definition) is 3. The topological polar surface area (TPSA) is 39.1 Å². The van der Waals surface area contributed by atoms with Crippen LogP contribution in [0.4, 0.5) is 0 Å². The predicted molar refractivity (Wildman–Crippen MR) is 94.8 cm³/mol. The third-order valence-corrected chi connectivity index (χ3v) is 4.12. The summed E-state index contributed by atoms with van der Waals surface area (Å²) in [6.45, 7) is 2.03. The molecule has 1 fully saturated rings. The van der Waals surface area contributed by atoms with Crippen molar-refractivity contribution in [1.82, 2.24) is 15.1 Å². The van der Waals surface area contributed by atoms with Gasteiger partial charge in [0.05, 0.1) is 16.6 Å². The predicted octanol–water partition coefficient (Wildman–Crippen LogP) is 3.58. The zero-order valence-electron chi connectivity index (χ0n) is 12.8. The number of fused-ring (bicyclic) bond motifs is 1. The van der Waals surface area contributed by atoms with Crippen molar-refractivity contribution in [3.05, 3.63) is 54.6 Å². The molecule has 0 amide bonds. The van der Waals surface area contributed by atoms with Crippen LogP contribution in [0.25, 0.3) is 16.6 Å². The highest BCUT2D eigenvalue weighted by Gasteiger charge is 2.19. The van der Waals surface area contributed by atoms with Gasteiger partial charge in [0.15, 0.2) is 0 Å². The van der Waals surface area contributed by atoms with E-state index in [2.05, 4.69) is 29.6 Å². The van der Waals surface area contributed by atoms with Crippen molar-refractivity contribution < 1.29 is 4.74 Å². The van der Waals surface area contributed by atoms with Crippen molar-refractivity contribution in [2.75, 3.05) is 13.1 Å². The lowest BCUT2D eigenvalue weighted by molar-refractivity contribution is 0.157. The SMILES string of the molecule is Cl.c1ccc(-n2nc(OC3CCNCC3)c3ccccc32)cc1. The van der Waals surface area contributed by atoms with E-state index in [-0.39, 0.29) is 18.5 Å². The summed E-state index contributed by atoms with van der Waals surface area (Å²) in [4.78, 5) is 0. The first kappa shape index (κ1) is 15.8. The van der Waals surface area contributed by atoms with E-state index in [1.165, 1.54) is 0 Å². The van der Waals surface area contributed by atoms with Gasteiger partial charge in [0, 0.05) is 0 Å². The summed E-state index contributed by atoms with van der Waals surface area (Å²) in [6, 6.07) is 18.4. The molecule has 120 valence electrons. The summed E-state index contributed by atoms with van der Waals surface area (Å²) in [5.74, 6) is 0.742. The molecule has 0 aliphatic carbocycles. The van der Waals surface area contributed by atoms with Crippen LogP contribution in [0.3, 0.4) is 0 Å². The molecule has 1 saturated heterocycles. The van der Waals surface area contributed by atoms with Crippen LogP contribution in [0, 0.1) is 0 Å². The Hall–Kier alpha value is -2.04. The van der Waals surface area contributed by atoms with Crippen LogP contribution in [0.2, 0.25) is 0 Å². The Morgan fingerprint density at radius 3 is 2.43 bits per heavy atom.